The monoisotopic (exact) mass is 379 g/mol. The summed E-state index contributed by atoms with van der Waals surface area (Å²) >= 11 is 0. The van der Waals surface area contributed by atoms with E-state index in [1.54, 1.807) is 24.4 Å². The standard InChI is InChI=1S/C18H13F4N3O2/c1-10-2-4-11(5-3-10)14-23-16(27)17(24-14,18(20,21)22)25-15(26)12-6-8-13(19)9-7-12/h2-9H,1H3,(H,25,26)(H,23,24,27)/t17-/m0/s1. The molecule has 1 heterocycles. The van der Waals surface area contributed by atoms with Gasteiger partial charge in [0.05, 0.1) is 0 Å². The largest absolute Gasteiger partial charge is 0.442 e. The summed E-state index contributed by atoms with van der Waals surface area (Å²) in [5.41, 5.74) is -2.59. The summed E-state index contributed by atoms with van der Waals surface area (Å²) in [4.78, 5) is 27.9. The molecule has 1 aliphatic heterocycles. The molecule has 1 aliphatic rings. The lowest BCUT2D eigenvalue weighted by Crippen LogP contribution is -2.63. The fourth-order valence-electron chi connectivity index (χ4n) is 2.48. The lowest BCUT2D eigenvalue weighted by Gasteiger charge is -2.27. The molecule has 0 radical (unpaired) electrons. The molecule has 2 aromatic carbocycles. The first kappa shape index (κ1) is 18.6. The highest BCUT2D eigenvalue weighted by molar-refractivity contribution is 6.16. The van der Waals surface area contributed by atoms with Gasteiger partial charge in [-0.05, 0) is 31.2 Å². The van der Waals surface area contributed by atoms with Crippen molar-refractivity contribution in [1.82, 2.24) is 10.6 Å². The minimum absolute atomic E-state index is 0.244. The topological polar surface area (TPSA) is 70.6 Å². The van der Waals surface area contributed by atoms with Crippen molar-refractivity contribution in [2.24, 2.45) is 4.99 Å². The molecular formula is C18H13F4N3O2. The molecule has 0 fully saturated rings. The first-order chi connectivity index (χ1) is 12.6. The highest BCUT2D eigenvalue weighted by Crippen LogP contribution is 2.35. The highest BCUT2D eigenvalue weighted by Gasteiger charge is 2.65. The number of nitrogens with zero attached hydrogens (tertiary/aromatic N) is 1. The van der Waals surface area contributed by atoms with Gasteiger partial charge in [0.25, 0.3) is 11.8 Å². The zero-order valence-corrected chi connectivity index (χ0v) is 13.9. The van der Waals surface area contributed by atoms with Crippen LogP contribution in [0, 0.1) is 12.7 Å². The van der Waals surface area contributed by atoms with Crippen LogP contribution in [0.5, 0.6) is 0 Å². The van der Waals surface area contributed by atoms with Crippen LogP contribution in [0.3, 0.4) is 0 Å². The minimum atomic E-state index is -5.20. The predicted molar refractivity (Wildman–Crippen MR) is 88.5 cm³/mol. The number of amidine groups is 1. The quantitative estimate of drug-likeness (QED) is 0.805. The van der Waals surface area contributed by atoms with Crippen LogP contribution >= 0.6 is 0 Å². The Morgan fingerprint density at radius 2 is 1.67 bits per heavy atom. The number of rotatable bonds is 3. The molecule has 0 bridgehead atoms. The highest BCUT2D eigenvalue weighted by atomic mass is 19.4. The molecule has 3 rings (SSSR count). The normalized spacial score (nSPS) is 19.4. The SMILES string of the molecule is Cc1ccc(C2=N[C@@](NC(=O)c3ccc(F)cc3)(C(F)(F)F)C(=O)N2)cc1. The molecule has 0 aromatic heterocycles. The van der Waals surface area contributed by atoms with Gasteiger partial charge in [0.2, 0.25) is 0 Å². The third-order valence-electron chi connectivity index (χ3n) is 3.98. The zero-order chi connectivity index (χ0) is 19.8. The third kappa shape index (κ3) is 3.40. The van der Waals surface area contributed by atoms with Crippen molar-refractivity contribution in [1.29, 1.82) is 0 Å². The fourth-order valence-corrected chi connectivity index (χ4v) is 2.48. The van der Waals surface area contributed by atoms with Gasteiger partial charge >= 0.3 is 11.8 Å². The predicted octanol–water partition coefficient (Wildman–Crippen LogP) is 2.70. The van der Waals surface area contributed by atoms with Gasteiger partial charge in [-0.2, -0.15) is 13.2 Å². The van der Waals surface area contributed by atoms with Crippen molar-refractivity contribution in [2.45, 2.75) is 18.8 Å². The molecule has 2 aromatic rings. The van der Waals surface area contributed by atoms with E-state index in [0.717, 1.165) is 29.8 Å². The van der Waals surface area contributed by atoms with E-state index in [-0.39, 0.29) is 17.0 Å². The average molecular weight is 379 g/mol. The van der Waals surface area contributed by atoms with Gasteiger partial charge < -0.3 is 10.6 Å². The number of halogens is 4. The fraction of sp³-hybridized carbons (Fsp3) is 0.167. The van der Waals surface area contributed by atoms with Crippen LogP contribution in [0.1, 0.15) is 21.5 Å². The Balaban J connectivity index is 1.99. The van der Waals surface area contributed by atoms with E-state index in [1.807, 2.05) is 0 Å². The van der Waals surface area contributed by atoms with Crippen LogP contribution in [0.4, 0.5) is 17.6 Å². The van der Waals surface area contributed by atoms with E-state index in [4.69, 9.17) is 0 Å². The van der Waals surface area contributed by atoms with Crippen LogP contribution in [-0.4, -0.2) is 29.5 Å². The molecular weight excluding hydrogens is 366 g/mol. The zero-order valence-electron chi connectivity index (χ0n) is 13.9. The van der Waals surface area contributed by atoms with Crippen molar-refractivity contribution in [3.05, 3.63) is 71.0 Å². The lowest BCUT2D eigenvalue weighted by molar-refractivity contribution is -0.192. The maximum Gasteiger partial charge on any atom is 0.442 e. The Bertz CT molecular complexity index is 921. The first-order valence-electron chi connectivity index (χ1n) is 7.75. The summed E-state index contributed by atoms with van der Waals surface area (Å²) in [5, 5.41) is 3.71. The number of aryl methyl sites for hydroxylation is 1. The van der Waals surface area contributed by atoms with E-state index < -0.39 is 29.5 Å². The summed E-state index contributed by atoms with van der Waals surface area (Å²) in [7, 11) is 0. The second kappa shape index (κ2) is 6.49. The Labute approximate surface area is 151 Å². The van der Waals surface area contributed by atoms with Gasteiger partial charge in [-0.15, -0.1) is 0 Å². The number of hydrogen-bond donors (Lipinski definition) is 2. The number of carbonyl (C=O) groups is 2. The van der Waals surface area contributed by atoms with E-state index in [1.165, 1.54) is 12.1 Å². The maximum absolute atomic E-state index is 13.7. The van der Waals surface area contributed by atoms with Crippen molar-refractivity contribution in [3.8, 4) is 0 Å². The van der Waals surface area contributed by atoms with Crippen molar-refractivity contribution in [2.75, 3.05) is 0 Å². The number of carbonyl (C=O) groups excluding carboxylic acids is 2. The number of hydrogen-bond acceptors (Lipinski definition) is 3. The Kier molecular flexibility index (Phi) is 4.46. The van der Waals surface area contributed by atoms with E-state index >= 15 is 0 Å². The molecule has 2 N–H and O–H groups in total. The molecule has 5 nitrogen and oxygen atoms in total. The molecule has 0 unspecified atom stereocenters. The number of amides is 2. The second-order valence-electron chi connectivity index (χ2n) is 5.95. The van der Waals surface area contributed by atoms with Gasteiger partial charge in [0.15, 0.2) is 0 Å². The Morgan fingerprint density at radius 3 is 2.22 bits per heavy atom. The summed E-state index contributed by atoms with van der Waals surface area (Å²) in [6, 6.07) is 10.2. The molecule has 2 amide bonds. The van der Waals surface area contributed by atoms with Gasteiger partial charge in [-0.3, -0.25) is 9.59 Å². The summed E-state index contributed by atoms with van der Waals surface area (Å²) < 4.78 is 54.1. The van der Waals surface area contributed by atoms with Crippen LogP contribution in [-0.2, 0) is 4.79 Å². The van der Waals surface area contributed by atoms with Gasteiger partial charge in [-0.25, -0.2) is 9.38 Å². The Hall–Kier alpha value is -3.23. The van der Waals surface area contributed by atoms with Crippen LogP contribution in [0.25, 0.3) is 0 Å². The minimum Gasteiger partial charge on any atom is -0.312 e. The molecule has 27 heavy (non-hydrogen) atoms. The molecule has 140 valence electrons. The van der Waals surface area contributed by atoms with Crippen molar-refractivity contribution in [3.63, 3.8) is 0 Å². The molecule has 0 saturated carbocycles. The first-order valence-corrected chi connectivity index (χ1v) is 7.75. The van der Waals surface area contributed by atoms with Crippen molar-refractivity contribution >= 4 is 17.6 Å². The molecule has 0 aliphatic carbocycles. The number of benzene rings is 2. The molecule has 0 saturated heterocycles. The summed E-state index contributed by atoms with van der Waals surface area (Å²) in [6.07, 6.45) is -5.20. The maximum atomic E-state index is 13.7. The van der Waals surface area contributed by atoms with Crippen LogP contribution in [0.15, 0.2) is 53.5 Å². The Morgan fingerprint density at radius 1 is 1.07 bits per heavy atom. The van der Waals surface area contributed by atoms with E-state index in [0.29, 0.717) is 0 Å². The van der Waals surface area contributed by atoms with E-state index in [9.17, 15) is 27.2 Å². The van der Waals surface area contributed by atoms with Gasteiger partial charge in [0, 0.05) is 11.1 Å². The number of nitrogens with one attached hydrogen (secondary N) is 2. The van der Waals surface area contributed by atoms with Gasteiger partial charge in [0.1, 0.15) is 11.7 Å². The van der Waals surface area contributed by atoms with Gasteiger partial charge in [-0.1, -0.05) is 29.8 Å². The lowest BCUT2D eigenvalue weighted by atomic mass is 10.1. The second-order valence-corrected chi connectivity index (χ2v) is 5.95. The summed E-state index contributed by atoms with van der Waals surface area (Å²) in [6.45, 7) is 1.79. The van der Waals surface area contributed by atoms with Crippen molar-refractivity contribution < 1.29 is 27.2 Å². The van der Waals surface area contributed by atoms with Crippen LogP contribution < -0.4 is 10.6 Å². The molecule has 9 heteroatoms. The number of aliphatic imine (C=N–C) groups is 1. The number of alkyl halides is 3. The third-order valence-corrected chi connectivity index (χ3v) is 3.98. The van der Waals surface area contributed by atoms with E-state index in [2.05, 4.69) is 10.3 Å². The van der Waals surface area contributed by atoms with Crippen LogP contribution in [0.2, 0.25) is 0 Å². The average Bonchev–Trinajstić information content (AvgIpc) is 2.93. The summed E-state index contributed by atoms with van der Waals surface area (Å²) in [5.74, 6) is -3.70. The molecule has 1 atom stereocenters. The molecule has 0 spiro atoms. The smallest absolute Gasteiger partial charge is 0.312 e.